The molecule has 0 radical (unpaired) electrons. The zero-order valence-corrected chi connectivity index (χ0v) is 8.38. The quantitative estimate of drug-likeness (QED) is 0.557. The number of hydrogen-bond acceptors (Lipinski definition) is 0. The average Bonchev–Trinajstić information content (AvgIpc) is 0.722. The zero-order chi connectivity index (χ0) is 4.50. The van der Waals surface area contributed by atoms with E-state index >= 15 is 0 Å². The second kappa shape index (κ2) is 12.3. The second-order valence-corrected chi connectivity index (χ2v) is 14.2. The third kappa shape index (κ3) is 220. The van der Waals surface area contributed by atoms with Crippen LogP contribution < -0.4 is 0 Å². The molecule has 4 nitrogen and oxygen atoms in total. The van der Waals surface area contributed by atoms with Crippen LogP contribution in [0.2, 0.25) is 0 Å². The fourth-order valence-corrected chi connectivity index (χ4v) is 0. The van der Waals surface area contributed by atoms with Crippen LogP contribution in [0.4, 0.5) is 0 Å². The molecule has 0 aromatic rings. The predicted octanol–water partition coefficient (Wildman–Crippen LogP) is -0.543. The van der Waals surface area contributed by atoms with Gasteiger partial charge in [0.15, 0.2) is 0 Å². The summed E-state index contributed by atoms with van der Waals surface area (Å²) < 4.78 is 0. The molecule has 0 aromatic heterocycles. The van der Waals surface area contributed by atoms with Crippen LogP contribution in [-0.2, 0) is 10.2 Å². The monoisotopic (exact) mass is 263 g/mol. The van der Waals surface area contributed by atoms with Gasteiger partial charge in [0.1, 0.15) is 0 Å². The van der Waals surface area contributed by atoms with Crippen LogP contribution in [0.3, 0.4) is 0 Å². The van der Waals surface area contributed by atoms with E-state index in [9.17, 15) is 0 Å². The Morgan fingerprint density at radius 2 is 0.556 bits per heavy atom. The molecule has 0 aliphatic carbocycles. The molecule has 0 aliphatic heterocycles. The minimum atomic E-state index is -2.99. The van der Waals surface area contributed by atoms with E-state index in [4.69, 9.17) is 39.4 Å². The van der Waals surface area contributed by atoms with E-state index in [0.29, 0.717) is 0 Å². The summed E-state index contributed by atoms with van der Waals surface area (Å²) in [6.45, 7) is 0. The van der Waals surface area contributed by atoms with Crippen molar-refractivity contribution in [3.63, 3.8) is 0 Å². The summed E-state index contributed by atoms with van der Waals surface area (Å²) in [7, 11) is 17.0. The van der Waals surface area contributed by atoms with Crippen molar-refractivity contribution in [3.05, 3.63) is 0 Å². The van der Waals surface area contributed by atoms with E-state index in [0.717, 1.165) is 0 Å². The average molecular weight is 265 g/mol. The summed E-state index contributed by atoms with van der Waals surface area (Å²) >= 11 is 0. The second-order valence-electron chi connectivity index (χ2n) is 0.383. The Kier molecular flexibility index (Phi) is 42.5. The summed E-state index contributed by atoms with van der Waals surface area (Å²) in [4.78, 5) is 0. The maximum atomic E-state index is 5.00. The van der Waals surface area contributed by atoms with Gasteiger partial charge in [0.05, 0.1) is 0 Å². The molecule has 0 atom stereocenters. The Labute approximate surface area is 71.3 Å². The van der Waals surface area contributed by atoms with Crippen LogP contribution in [0, 0.1) is 0 Å². The first-order chi connectivity index (χ1) is 2.00. The summed E-state index contributed by atoms with van der Waals surface area (Å²) in [5.74, 6) is 0. The van der Waals surface area contributed by atoms with Gasteiger partial charge >= 0.3 is 49.6 Å². The molecule has 0 heterocycles. The Balaban J connectivity index is -0.0000000133. The predicted molar refractivity (Wildman–Crippen MR) is 37.9 cm³/mol. The molecular weight excluding hydrogens is 257 g/mol. The van der Waals surface area contributed by atoms with E-state index < -0.39 is 10.2 Å². The van der Waals surface area contributed by atoms with Gasteiger partial charge in [-0.3, -0.25) is 0 Å². The van der Waals surface area contributed by atoms with Gasteiger partial charge in [0.2, 0.25) is 0 Å². The molecule has 8 N–H and O–H groups in total. The molecule has 0 aromatic carbocycles. The molecule has 0 saturated heterocycles. The summed E-state index contributed by atoms with van der Waals surface area (Å²) in [5.41, 5.74) is 0. The van der Waals surface area contributed by atoms with Gasteiger partial charge in [0, 0.05) is 0 Å². The molecule has 0 saturated carbocycles. The topological polar surface area (TPSA) is 126 Å². The zero-order valence-electron chi connectivity index (χ0n) is 3.96. The maximum absolute atomic E-state index is 5.00. The molecule has 0 rings (SSSR count). The summed E-state index contributed by atoms with van der Waals surface area (Å²) in [6.07, 6.45) is 0. The normalized spacial score (nSPS) is 6.67. The van der Waals surface area contributed by atoms with Crippen LogP contribution >= 0.6 is 39.4 Å². The van der Waals surface area contributed by atoms with Crippen LogP contribution in [0.25, 0.3) is 0 Å². The van der Waals surface area contributed by atoms with E-state index in [-0.39, 0.29) is 21.9 Å². The van der Waals surface area contributed by atoms with E-state index in [1.165, 1.54) is 0 Å². The Morgan fingerprint density at radius 1 is 0.556 bits per heavy atom. The molecule has 0 amide bonds. The van der Waals surface area contributed by atoms with E-state index in [1.54, 1.807) is 0 Å². The van der Waals surface area contributed by atoms with Crippen LogP contribution in [0.15, 0.2) is 0 Å². The molecule has 0 unspecified atom stereocenters. The van der Waals surface area contributed by atoms with Crippen LogP contribution in [0.1, 0.15) is 0 Å². The molecule has 9 heavy (non-hydrogen) atoms. The van der Waals surface area contributed by atoms with Crippen molar-refractivity contribution in [1.82, 2.24) is 0 Å². The third-order valence-corrected chi connectivity index (χ3v) is 0. The Hall–Kier alpha value is 1.58. The van der Waals surface area contributed by atoms with Crippen LogP contribution in [-0.4, -0.2) is 21.9 Å². The molecular formula is H8Cl4O4V. The summed E-state index contributed by atoms with van der Waals surface area (Å²) in [6, 6.07) is 0. The number of rotatable bonds is 0. The van der Waals surface area contributed by atoms with E-state index in [1.807, 2.05) is 0 Å². The Bertz CT molecular complexity index is 28.0. The number of hydrogen-bond donors (Lipinski definition) is 0. The Morgan fingerprint density at radius 3 is 0.556 bits per heavy atom. The standard InChI is InChI=1S/4ClH.4H2O.V/h4*1H;4*1H2;/q;;;;;;;;+4/p-4. The van der Waals surface area contributed by atoms with Gasteiger partial charge in [-0.15, -0.1) is 0 Å². The minimum absolute atomic E-state index is 0. The van der Waals surface area contributed by atoms with Crippen molar-refractivity contribution in [2.75, 3.05) is 0 Å². The molecule has 0 spiro atoms. The van der Waals surface area contributed by atoms with E-state index in [2.05, 4.69) is 0 Å². The van der Waals surface area contributed by atoms with Crippen LogP contribution in [0.5, 0.6) is 0 Å². The first-order valence-electron chi connectivity index (χ1n) is 0.676. The number of halogens is 4. The van der Waals surface area contributed by atoms with Gasteiger partial charge in [-0.1, -0.05) is 0 Å². The first-order valence-corrected chi connectivity index (χ1v) is 8.36. The van der Waals surface area contributed by atoms with Crippen molar-refractivity contribution >= 4 is 39.4 Å². The molecule has 0 fully saturated rings. The summed E-state index contributed by atoms with van der Waals surface area (Å²) in [5, 5.41) is 0. The fraction of sp³-hybridized carbons (Fsp3) is 0. The van der Waals surface area contributed by atoms with Crippen molar-refractivity contribution < 1.29 is 32.1 Å². The molecule has 65 valence electrons. The van der Waals surface area contributed by atoms with Gasteiger partial charge in [-0.05, 0) is 0 Å². The first kappa shape index (κ1) is 31.2. The SMILES string of the molecule is O.O.O.O.[Cl][V]([Cl])([Cl])[Cl]. The van der Waals surface area contributed by atoms with Crippen molar-refractivity contribution in [2.24, 2.45) is 0 Å². The van der Waals surface area contributed by atoms with Crippen molar-refractivity contribution in [1.29, 1.82) is 0 Å². The van der Waals surface area contributed by atoms with Gasteiger partial charge in [0.25, 0.3) is 0 Å². The fourth-order valence-electron chi connectivity index (χ4n) is 0. The van der Waals surface area contributed by atoms with Crippen molar-refractivity contribution in [3.8, 4) is 0 Å². The van der Waals surface area contributed by atoms with Gasteiger partial charge in [-0.2, -0.15) is 0 Å². The molecule has 9 heteroatoms. The molecule has 0 bridgehead atoms. The van der Waals surface area contributed by atoms with Crippen molar-refractivity contribution in [2.45, 2.75) is 0 Å². The van der Waals surface area contributed by atoms with Gasteiger partial charge < -0.3 is 21.9 Å². The molecule has 0 aliphatic rings. The third-order valence-electron chi connectivity index (χ3n) is 0. The van der Waals surface area contributed by atoms with Gasteiger partial charge in [-0.25, -0.2) is 0 Å².